The van der Waals surface area contributed by atoms with Crippen LogP contribution in [0.3, 0.4) is 0 Å². The van der Waals surface area contributed by atoms with Crippen LogP contribution in [-0.4, -0.2) is 11.3 Å². The Morgan fingerprint density at radius 2 is 2.36 bits per heavy atom. The molecule has 0 N–H and O–H groups in total. The van der Waals surface area contributed by atoms with Crippen LogP contribution in [0.1, 0.15) is 29.3 Å². The van der Waals surface area contributed by atoms with Gasteiger partial charge < -0.3 is 0 Å². The molecule has 1 unspecified atom stereocenters. The molecular weight excluding hydrogens is 145 g/mol. The molecule has 0 spiro atoms. The van der Waals surface area contributed by atoms with Gasteiger partial charge in [-0.25, -0.2) is 9.37 Å². The summed E-state index contributed by atoms with van der Waals surface area (Å²) in [6.07, 6.45) is -0.513. The van der Waals surface area contributed by atoms with Crippen LogP contribution >= 0.6 is 0 Å². The van der Waals surface area contributed by atoms with E-state index in [4.69, 9.17) is 0 Å². The number of hydrogen-bond donors (Lipinski definition) is 0. The molecule has 1 aromatic rings. The Bertz CT molecular complexity index is 260. The van der Waals surface area contributed by atoms with Gasteiger partial charge in [-0.2, -0.15) is 0 Å². The molecule has 3 heteroatoms. The lowest BCUT2D eigenvalue weighted by Crippen LogP contribution is -1.94. The smallest absolute Gasteiger partial charge is 0.168 e. The maximum absolute atomic E-state index is 12.6. The largest absolute Gasteiger partial charge is 0.296 e. The number of rotatable bonds is 2. The predicted octanol–water partition coefficient (Wildman–Crippen LogP) is 1.92. The van der Waals surface area contributed by atoms with Gasteiger partial charge in [0.25, 0.3) is 0 Å². The first kappa shape index (κ1) is 7.85. The molecule has 0 aliphatic heterocycles. The Hall–Kier alpha value is -1.25. The fourth-order valence-corrected chi connectivity index (χ4v) is 0.756. The first-order valence-electron chi connectivity index (χ1n) is 3.30. The van der Waals surface area contributed by atoms with Gasteiger partial charge in [-0.3, -0.25) is 4.79 Å². The lowest BCUT2D eigenvalue weighted by atomic mass is 10.2. The molecule has 1 aromatic heterocycles. The topological polar surface area (TPSA) is 30.0 Å². The van der Waals surface area contributed by atoms with E-state index in [0.717, 1.165) is 0 Å². The minimum atomic E-state index is -1.12. The van der Waals surface area contributed by atoms with Crippen LogP contribution in [0.25, 0.3) is 0 Å². The van der Waals surface area contributed by atoms with Gasteiger partial charge in [0.05, 0.1) is 5.69 Å². The third-order valence-electron chi connectivity index (χ3n) is 1.32. The average Bonchev–Trinajstić information content (AvgIpc) is 2.05. The Morgan fingerprint density at radius 1 is 1.64 bits per heavy atom. The molecular formula is C8H8FNO. The van der Waals surface area contributed by atoms with Crippen molar-refractivity contribution in [3.05, 3.63) is 29.6 Å². The monoisotopic (exact) mass is 153 g/mol. The Morgan fingerprint density at radius 3 is 2.91 bits per heavy atom. The standard InChI is InChI=1S/C8H8FNO/c1-6(9)8-4-2-3-7(5-11)10-8/h2-6H,1H3. The predicted molar refractivity (Wildman–Crippen MR) is 39.1 cm³/mol. The molecule has 0 radical (unpaired) electrons. The molecule has 58 valence electrons. The number of aromatic nitrogens is 1. The molecule has 0 bridgehead atoms. The van der Waals surface area contributed by atoms with Gasteiger partial charge in [0.1, 0.15) is 11.9 Å². The summed E-state index contributed by atoms with van der Waals surface area (Å²) in [5.74, 6) is 0. The van der Waals surface area contributed by atoms with Gasteiger partial charge >= 0.3 is 0 Å². The molecule has 0 fully saturated rings. The molecule has 2 nitrogen and oxygen atoms in total. The molecule has 1 heterocycles. The van der Waals surface area contributed by atoms with E-state index in [2.05, 4.69) is 4.98 Å². The summed E-state index contributed by atoms with van der Waals surface area (Å²) in [5, 5.41) is 0. The number of hydrogen-bond acceptors (Lipinski definition) is 2. The third kappa shape index (κ3) is 1.83. The number of pyridine rings is 1. The second-order valence-electron chi connectivity index (χ2n) is 2.22. The summed E-state index contributed by atoms with van der Waals surface area (Å²) in [6.45, 7) is 1.39. The minimum absolute atomic E-state index is 0.270. The summed E-state index contributed by atoms with van der Waals surface area (Å²) in [6, 6.07) is 4.71. The molecule has 0 aliphatic rings. The van der Waals surface area contributed by atoms with Crippen molar-refractivity contribution < 1.29 is 9.18 Å². The Kier molecular flexibility index (Phi) is 2.31. The zero-order chi connectivity index (χ0) is 8.27. The van der Waals surface area contributed by atoms with E-state index in [1.54, 1.807) is 18.2 Å². The van der Waals surface area contributed by atoms with Gasteiger partial charge in [0.2, 0.25) is 0 Å². The van der Waals surface area contributed by atoms with Crippen molar-refractivity contribution in [2.45, 2.75) is 13.1 Å². The van der Waals surface area contributed by atoms with Crippen LogP contribution in [0, 0.1) is 0 Å². The number of carbonyl (C=O) groups excluding carboxylic acids is 1. The quantitative estimate of drug-likeness (QED) is 0.607. The van der Waals surface area contributed by atoms with E-state index < -0.39 is 6.17 Å². The molecule has 0 amide bonds. The van der Waals surface area contributed by atoms with Crippen LogP contribution in [0.2, 0.25) is 0 Å². The second kappa shape index (κ2) is 3.23. The highest BCUT2D eigenvalue weighted by Crippen LogP contribution is 2.12. The van der Waals surface area contributed by atoms with Crippen molar-refractivity contribution in [1.82, 2.24) is 4.98 Å². The summed E-state index contributed by atoms with van der Waals surface area (Å²) in [7, 11) is 0. The Balaban J connectivity index is 3.00. The van der Waals surface area contributed by atoms with Crippen molar-refractivity contribution >= 4 is 6.29 Å². The van der Waals surface area contributed by atoms with Crippen molar-refractivity contribution in [1.29, 1.82) is 0 Å². The van der Waals surface area contributed by atoms with E-state index in [1.807, 2.05) is 0 Å². The van der Waals surface area contributed by atoms with Crippen LogP contribution in [0.5, 0.6) is 0 Å². The van der Waals surface area contributed by atoms with Gasteiger partial charge in [-0.05, 0) is 19.1 Å². The number of halogens is 1. The molecule has 1 atom stereocenters. The van der Waals surface area contributed by atoms with Gasteiger partial charge in [0.15, 0.2) is 6.29 Å². The zero-order valence-electron chi connectivity index (χ0n) is 6.12. The summed E-state index contributed by atoms with van der Waals surface area (Å²) < 4.78 is 12.6. The van der Waals surface area contributed by atoms with E-state index in [9.17, 15) is 9.18 Å². The Labute approximate surface area is 64.1 Å². The summed E-state index contributed by atoms with van der Waals surface area (Å²) >= 11 is 0. The molecule has 1 rings (SSSR count). The highest BCUT2D eigenvalue weighted by atomic mass is 19.1. The van der Waals surface area contributed by atoms with Crippen molar-refractivity contribution in [3.63, 3.8) is 0 Å². The summed E-state index contributed by atoms with van der Waals surface area (Å²) in [5.41, 5.74) is 0.571. The summed E-state index contributed by atoms with van der Waals surface area (Å²) in [4.78, 5) is 13.9. The van der Waals surface area contributed by atoms with Crippen molar-refractivity contribution in [3.8, 4) is 0 Å². The minimum Gasteiger partial charge on any atom is -0.296 e. The molecule has 0 aliphatic carbocycles. The molecule has 0 saturated carbocycles. The van der Waals surface area contributed by atoms with Gasteiger partial charge in [0, 0.05) is 0 Å². The number of carbonyl (C=O) groups is 1. The third-order valence-corrected chi connectivity index (χ3v) is 1.32. The van der Waals surface area contributed by atoms with E-state index >= 15 is 0 Å². The number of alkyl halides is 1. The van der Waals surface area contributed by atoms with Crippen LogP contribution in [0.4, 0.5) is 4.39 Å². The number of aldehydes is 1. The maximum Gasteiger partial charge on any atom is 0.168 e. The fraction of sp³-hybridized carbons (Fsp3) is 0.250. The van der Waals surface area contributed by atoms with Crippen molar-refractivity contribution in [2.24, 2.45) is 0 Å². The normalized spacial score (nSPS) is 12.5. The van der Waals surface area contributed by atoms with Crippen LogP contribution in [-0.2, 0) is 0 Å². The second-order valence-corrected chi connectivity index (χ2v) is 2.22. The van der Waals surface area contributed by atoms with Gasteiger partial charge in [-0.1, -0.05) is 6.07 Å². The maximum atomic E-state index is 12.6. The molecule has 0 saturated heterocycles. The fourth-order valence-electron chi connectivity index (χ4n) is 0.756. The van der Waals surface area contributed by atoms with Crippen molar-refractivity contribution in [2.75, 3.05) is 0 Å². The first-order valence-corrected chi connectivity index (χ1v) is 3.30. The van der Waals surface area contributed by atoms with E-state index in [0.29, 0.717) is 12.0 Å². The van der Waals surface area contributed by atoms with Crippen LogP contribution in [0.15, 0.2) is 18.2 Å². The average molecular weight is 153 g/mol. The number of nitrogens with zero attached hydrogens (tertiary/aromatic N) is 1. The van der Waals surface area contributed by atoms with E-state index in [-0.39, 0.29) is 5.69 Å². The SMILES string of the molecule is CC(F)c1cccc(C=O)n1. The van der Waals surface area contributed by atoms with E-state index in [1.165, 1.54) is 6.92 Å². The highest BCUT2D eigenvalue weighted by molar-refractivity contribution is 5.71. The lowest BCUT2D eigenvalue weighted by Gasteiger charge is -1.99. The highest BCUT2D eigenvalue weighted by Gasteiger charge is 2.03. The molecule has 0 aromatic carbocycles. The van der Waals surface area contributed by atoms with Gasteiger partial charge in [-0.15, -0.1) is 0 Å². The first-order chi connectivity index (χ1) is 5.24. The molecule has 11 heavy (non-hydrogen) atoms. The van der Waals surface area contributed by atoms with Crippen LogP contribution < -0.4 is 0 Å². The lowest BCUT2D eigenvalue weighted by molar-refractivity contribution is 0.111. The zero-order valence-corrected chi connectivity index (χ0v) is 6.12.